The Hall–Kier alpha value is -1.69. The third-order valence-electron chi connectivity index (χ3n) is 1.48. The molecule has 0 aromatic carbocycles. The Bertz CT molecular complexity index is 270. The number of ether oxygens (including phenoxy) is 1. The molecule has 0 aliphatic rings. The molecule has 6 nitrogen and oxygen atoms in total. The number of carbonyl (C=O) groups excluding carboxylic acids is 2. The Labute approximate surface area is 99.9 Å². The summed E-state index contributed by atoms with van der Waals surface area (Å²) in [6.07, 6.45) is 1.81. The predicted molar refractivity (Wildman–Crippen MR) is 60.2 cm³/mol. The van der Waals surface area contributed by atoms with Crippen molar-refractivity contribution in [1.82, 2.24) is 0 Å². The first kappa shape index (κ1) is 17.7. The zero-order valence-corrected chi connectivity index (χ0v) is 10.1. The Balaban J connectivity index is 0. The van der Waals surface area contributed by atoms with Gasteiger partial charge in [0.15, 0.2) is 0 Å². The van der Waals surface area contributed by atoms with Crippen LogP contribution in [0.3, 0.4) is 0 Å². The second-order valence-electron chi connectivity index (χ2n) is 3.17. The van der Waals surface area contributed by atoms with Crippen LogP contribution in [0.25, 0.3) is 0 Å². The summed E-state index contributed by atoms with van der Waals surface area (Å²) in [5, 5.41) is 16.7. The highest BCUT2D eigenvalue weighted by Gasteiger charge is 2.01. The molecule has 2 N–H and O–H groups in total. The third-order valence-corrected chi connectivity index (χ3v) is 1.48. The lowest BCUT2D eigenvalue weighted by atomic mass is 10.1. The lowest BCUT2D eigenvalue weighted by Crippen LogP contribution is -2.03. The zero-order valence-electron chi connectivity index (χ0n) is 10.1. The van der Waals surface area contributed by atoms with E-state index in [0.717, 1.165) is 0 Å². The molecule has 0 aromatic heterocycles. The maximum absolute atomic E-state index is 10.1. The molecule has 6 heteroatoms. The van der Waals surface area contributed by atoms with E-state index in [1.54, 1.807) is 0 Å². The molecule has 17 heavy (non-hydrogen) atoms. The maximum Gasteiger partial charge on any atom is 0.330 e. The number of carbonyl (C=O) groups is 3. The van der Waals surface area contributed by atoms with Gasteiger partial charge in [-0.25, -0.2) is 4.79 Å². The zero-order chi connectivity index (χ0) is 13.8. The van der Waals surface area contributed by atoms with Crippen molar-refractivity contribution in [3.8, 4) is 0 Å². The molecule has 0 radical (unpaired) electrons. The summed E-state index contributed by atoms with van der Waals surface area (Å²) in [6, 6.07) is 0. The number of aliphatic hydroxyl groups excluding tert-OH is 1. The quantitative estimate of drug-likeness (QED) is 0.323. The van der Waals surface area contributed by atoms with Gasteiger partial charge in [0.25, 0.3) is 0 Å². The molecule has 0 heterocycles. The van der Waals surface area contributed by atoms with Crippen LogP contribution in [0.1, 0.15) is 33.1 Å². The molecule has 0 saturated heterocycles. The van der Waals surface area contributed by atoms with Gasteiger partial charge in [-0.2, -0.15) is 0 Å². The number of hydrogen-bond donors (Lipinski definition) is 2. The van der Waals surface area contributed by atoms with Crippen molar-refractivity contribution >= 4 is 17.9 Å². The van der Waals surface area contributed by atoms with E-state index in [-0.39, 0.29) is 12.2 Å². The van der Waals surface area contributed by atoms with E-state index in [1.807, 2.05) is 0 Å². The highest BCUT2D eigenvalue weighted by atomic mass is 16.6. The smallest absolute Gasteiger partial charge is 0.330 e. The van der Waals surface area contributed by atoms with E-state index in [9.17, 15) is 14.4 Å². The summed E-state index contributed by atoms with van der Waals surface area (Å²) in [6.45, 7) is 5.83. The van der Waals surface area contributed by atoms with Gasteiger partial charge < -0.3 is 14.9 Å². The van der Waals surface area contributed by atoms with Crippen LogP contribution in [0.15, 0.2) is 12.2 Å². The van der Waals surface area contributed by atoms with E-state index >= 15 is 0 Å². The Morgan fingerprint density at radius 2 is 1.59 bits per heavy atom. The van der Waals surface area contributed by atoms with Crippen molar-refractivity contribution in [3.05, 3.63) is 12.2 Å². The van der Waals surface area contributed by atoms with Gasteiger partial charge in [-0.05, 0) is 19.3 Å². The first-order valence-corrected chi connectivity index (χ1v) is 5.02. The number of rotatable bonds is 5. The number of aliphatic carboxylic acids is 1. The molecule has 0 saturated carbocycles. The van der Waals surface area contributed by atoms with Crippen LogP contribution in [-0.2, 0) is 19.1 Å². The van der Waals surface area contributed by atoms with Crippen molar-refractivity contribution in [3.63, 3.8) is 0 Å². The minimum absolute atomic E-state index is 0.118. The van der Waals surface area contributed by atoms with Gasteiger partial charge in [0.1, 0.15) is 0 Å². The normalized spacial score (nSPS) is 8.65. The van der Waals surface area contributed by atoms with E-state index in [0.29, 0.717) is 19.3 Å². The van der Waals surface area contributed by atoms with Crippen molar-refractivity contribution in [2.24, 2.45) is 0 Å². The van der Waals surface area contributed by atoms with E-state index in [1.165, 1.54) is 13.8 Å². The molecular formula is C11H18O6. The Morgan fingerprint density at radius 3 is 1.82 bits per heavy atom. The number of carboxylic acid groups (broad SMARTS) is 1. The fourth-order valence-corrected chi connectivity index (χ4v) is 0.760. The lowest BCUT2D eigenvalue weighted by molar-refractivity contribution is -0.156. The highest BCUT2D eigenvalue weighted by molar-refractivity contribution is 5.85. The number of esters is 2. The second kappa shape index (κ2) is 10.8. The average molecular weight is 246 g/mol. The first-order chi connectivity index (χ1) is 7.81. The average Bonchev–Trinajstić information content (AvgIpc) is 2.16. The molecule has 0 aliphatic carbocycles. The van der Waals surface area contributed by atoms with Gasteiger partial charge in [0.05, 0.1) is 0 Å². The van der Waals surface area contributed by atoms with Gasteiger partial charge in [-0.15, -0.1) is 0 Å². The maximum atomic E-state index is 10.1. The summed E-state index contributed by atoms with van der Waals surface area (Å²) >= 11 is 0. The summed E-state index contributed by atoms with van der Waals surface area (Å²) in [4.78, 5) is 29.8. The van der Waals surface area contributed by atoms with Crippen molar-refractivity contribution in [2.75, 3.05) is 6.61 Å². The summed E-state index contributed by atoms with van der Waals surface area (Å²) < 4.78 is 3.97. The number of unbranched alkanes of at least 4 members (excludes halogenated alkanes) is 1. The van der Waals surface area contributed by atoms with Crippen molar-refractivity contribution in [2.45, 2.75) is 33.1 Å². The molecule has 0 aliphatic heterocycles. The summed E-state index contributed by atoms with van der Waals surface area (Å²) in [5.41, 5.74) is 0.216. The van der Waals surface area contributed by atoms with Crippen LogP contribution in [0.5, 0.6) is 0 Å². The molecular weight excluding hydrogens is 228 g/mol. The highest BCUT2D eigenvalue weighted by Crippen LogP contribution is 2.03. The van der Waals surface area contributed by atoms with E-state index < -0.39 is 17.9 Å². The molecule has 0 aromatic rings. The van der Waals surface area contributed by atoms with Gasteiger partial charge in [0.2, 0.25) is 0 Å². The predicted octanol–water partition coefficient (Wildman–Crippen LogP) is 0.886. The molecule has 0 atom stereocenters. The van der Waals surface area contributed by atoms with Gasteiger partial charge in [-0.3, -0.25) is 9.59 Å². The molecule has 0 fully saturated rings. The fraction of sp³-hybridized carbons (Fsp3) is 0.545. The number of carboxylic acids is 1. The molecule has 0 spiro atoms. The third kappa shape index (κ3) is 17.0. The van der Waals surface area contributed by atoms with Crippen LogP contribution in [0.4, 0.5) is 0 Å². The van der Waals surface area contributed by atoms with E-state index in [4.69, 9.17) is 10.2 Å². The van der Waals surface area contributed by atoms with Crippen LogP contribution in [-0.4, -0.2) is 34.7 Å². The second-order valence-corrected chi connectivity index (χ2v) is 3.17. The largest absolute Gasteiger partial charge is 0.478 e. The topological polar surface area (TPSA) is 101 Å². The molecule has 0 bridgehead atoms. The monoisotopic (exact) mass is 246 g/mol. The van der Waals surface area contributed by atoms with Crippen molar-refractivity contribution in [1.29, 1.82) is 0 Å². The van der Waals surface area contributed by atoms with Gasteiger partial charge >= 0.3 is 17.9 Å². The summed E-state index contributed by atoms with van der Waals surface area (Å²) in [7, 11) is 0. The fourth-order valence-electron chi connectivity index (χ4n) is 0.760. The first-order valence-electron chi connectivity index (χ1n) is 5.02. The van der Waals surface area contributed by atoms with E-state index in [2.05, 4.69) is 11.3 Å². The van der Waals surface area contributed by atoms with Crippen molar-refractivity contribution < 1.29 is 29.3 Å². The van der Waals surface area contributed by atoms with Crippen LogP contribution in [0, 0.1) is 0 Å². The van der Waals surface area contributed by atoms with Crippen LogP contribution in [0.2, 0.25) is 0 Å². The van der Waals surface area contributed by atoms with Gasteiger partial charge in [-0.1, -0.05) is 6.58 Å². The Kier molecular flexibility index (Phi) is 11.3. The lowest BCUT2D eigenvalue weighted by Gasteiger charge is -1.96. The summed E-state index contributed by atoms with van der Waals surface area (Å²) in [5.74, 6) is -2.07. The standard InChI is InChI=1S/C7H12O3.C4H6O3/c1-6(7(9)10)4-2-3-5-8;1-3(5)7-4(2)6/h8H,1-5H2,(H,9,10);1-2H3. The molecule has 98 valence electrons. The SMILES string of the molecule is C=C(CCCCO)C(=O)O.CC(=O)OC(C)=O. The molecule has 0 unspecified atom stereocenters. The number of hydrogen-bond acceptors (Lipinski definition) is 5. The van der Waals surface area contributed by atoms with Crippen LogP contribution < -0.4 is 0 Å². The Morgan fingerprint density at radius 1 is 1.12 bits per heavy atom. The minimum atomic E-state index is -0.946. The minimum Gasteiger partial charge on any atom is -0.478 e. The van der Waals surface area contributed by atoms with Crippen LogP contribution >= 0.6 is 0 Å². The number of aliphatic hydroxyl groups is 1. The molecule has 0 rings (SSSR count). The molecule has 0 amide bonds. The van der Waals surface area contributed by atoms with Gasteiger partial charge in [0, 0.05) is 26.0 Å².